The Morgan fingerprint density at radius 3 is 2.53 bits per heavy atom. The van der Waals surface area contributed by atoms with E-state index in [1.165, 1.54) is 12.1 Å². The molecule has 0 aliphatic carbocycles. The molecule has 4 heteroatoms. The third-order valence-electron chi connectivity index (χ3n) is 2.80. The largest absolute Gasteiger partial charge is 0.357 e. The summed E-state index contributed by atoms with van der Waals surface area (Å²) < 4.78 is 12.9. The number of nitrogens with one attached hydrogen (secondary N) is 1. The van der Waals surface area contributed by atoms with Crippen LogP contribution in [0.15, 0.2) is 29.3 Å². The van der Waals surface area contributed by atoms with Crippen molar-refractivity contribution in [1.82, 2.24) is 10.2 Å². The highest BCUT2D eigenvalue weighted by atomic mass is 19.1. The highest BCUT2D eigenvalue weighted by Crippen LogP contribution is 2.05. The van der Waals surface area contributed by atoms with Crippen molar-refractivity contribution in [3.63, 3.8) is 0 Å². The Morgan fingerprint density at radius 2 is 1.95 bits per heavy atom. The molecule has 0 aromatic heterocycles. The van der Waals surface area contributed by atoms with Crippen LogP contribution in [0.5, 0.6) is 0 Å². The smallest absolute Gasteiger partial charge is 0.193 e. The first-order valence-corrected chi connectivity index (χ1v) is 6.91. The Hall–Kier alpha value is -1.58. The number of hydrogen-bond donors (Lipinski definition) is 1. The molecule has 0 saturated carbocycles. The van der Waals surface area contributed by atoms with Crippen molar-refractivity contribution in [3.8, 4) is 0 Å². The Bertz CT molecular complexity index is 387. The molecule has 0 heterocycles. The van der Waals surface area contributed by atoms with E-state index in [2.05, 4.69) is 29.1 Å². The predicted octanol–water partition coefficient (Wildman–Crippen LogP) is 3.02. The second-order valence-electron chi connectivity index (χ2n) is 4.57. The van der Waals surface area contributed by atoms with Crippen molar-refractivity contribution < 1.29 is 4.39 Å². The maximum absolute atomic E-state index is 12.9. The van der Waals surface area contributed by atoms with Gasteiger partial charge in [0.2, 0.25) is 0 Å². The first-order valence-electron chi connectivity index (χ1n) is 6.91. The van der Waals surface area contributed by atoms with Gasteiger partial charge >= 0.3 is 0 Å². The second-order valence-corrected chi connectivity index (χ2v) is 4.57. The van der Waals surface area contributed by atoms with Gasteiger partial charge < -0.3 is 10.2 Å². The summed E-state index contributed by atoms with van der Waals surface area (Å²) in [6.45, 7) is 6.62. The van der Waals surface area contributed by atoms with Gasteiger partial charge in [-0.05, 0) is 31.0 Å². The monoisotopic (exact) mass is 265 g/mol. The predicted molar refractivity (Wildman–Crippen MR) is 78.8 cm³/mol. The van der Waals surface area contributed by atoms with Gasteiger partial charge in [0.15, 0.2) is 5.96 Å². The molecule has 1 rings (SSSR count). The van der Waals surface area contributed by atoms with Crippen molar-refractivity contribution in [3.05, 3.63) is 35.6 Å². The molecule has 0 fully saturated rings. The molecule has 0 aliphatic heterocycles. The van der Waals surface area contributed by atoms with E-state index in [0.29, 0.717) is 0 Å². The number of nitrogens with zero attached hydrogens (tertiary/aromatic N) is 2. The number of hydrogen-bond acceptors (Lipinski definition) is 1. The van der Waals surface area contributed by atoms with E-state index in [9.17, 15) is 4.39 Å². The average molecular weight is 265 g/mol. The van der Waals surface area contributed by atoms with Crippen LogP contribution in [0.25, 0.3) is 0 Å². The number of benzene rings is 1. The van der Waals surface area contributed by atoms with Gasteiger partial charge in [-0.3, -0.25) is 4.99 Å². The molecule has 0 aliphatic rings. The van der Waals surface area contributed by atoms with Gasteiger partial charge in [-0.15, -0.1) is 0 Å². The number of guanidine groups is 1. The van der Waals surface area contributed by atoms with Crippen molar-refractivity contribution >= 4 is 5.96 Å². The van der Waals surface area contributed by atoms with E-state index in [4.69, 9.17) is 0 Å². The summed E-state index contributed by atoms with van der Waals surface area (Å²) in [5.41, 5.74) is 1.07. The Labute approximate surface area is 115 Å². The van der Waals surface area contributed by atoms with Crippen molar-refractivity contribution in [2.75, 3.05) is 20.1 Å². The molecule has 0 atom stereocenters. The zero-order valence-corrected chi connectivity index (χ0v) is 12.1. The van der Waals surface area contributed by atoms with Crippen LogP contribution in [-0.4, -0.2) is 31.0 Å². The summed E-state index contributed by atoms with van der Waals surface area (Å²) in [5, 5.41) is 3.27. The number of unbranched alkanes of at least 4 members (excludes halogenated alkanes) is 1. The van der Waals surface area contributed by atoms with Gasteiger partial charge in [0, 0.05) is 26.7 Å². The summed E-state index contributed by atoms with van der Waals surface area (Å²) in [5.74, 6) is 0.704. The van der Waals surface area contributed by atoms with Gasteiger partial charge in [0.25, 0.3) is 0 Å². The van der Waals surface area contributed by atoms with Crippen LogP contribution in [0.4, 0.5) is 4.39 Å². The third kappa shape index (κ3) is 5.73. The first kappa shape index (κ1) is 15.5. The van der Waals surface area contributed by atoms with Crippen LogP contribution >= 0.6 is 0 Å². The SMILES string of the molecule is CCCCN=C(NCC)N(C)Cc1ccc(F)cc1. The van der Waals surface area contributed by atoms with E-state index in [-0.39, 0.29) is 5.82 Å². The fourth-order valence-electron chi connectivity index (χ4n) is 1.75. The summed E-state index contributed by atoms with van der Waals surface area (Å²) in [6, 6.07) is 6.59. The molecular weight excluding hydrogens is 241 g/mol. The van der Waals surface area contributed by atoms with Crippen LogP contribution < -0.4 is 5.32 Å². The van der Waals surface area contributed by atoms with Gasteiger partial charge in [-0.25, -0.2) is 4.39 Å². The lowest BCUT2D eigenvalue weighted by Gasteiger charge is -2.22. The molecule has 19 heavy (non-hydrogen) atoms. The molecule has 106 valence electrons. The van der Waals surface area contributed by atoms with Crippen LogP contribution in [0, 0.1) is 5.82 Å². The van der Waals surface area contributed by atoms with Gasteiger partial charge in [-0.1, -0.05) is 25.5 Å². The second kappa shape index (κ2) is 8.51. The van der Waals surface area contributed by atoms with E-state index in [1.54, 1.807) is 12.1 Å². The van der Waals surface area contributed by atoms with Crippen LogP contribution in [-0.2, 0) is 6.54 Å². The minimum atomic E-state index is -0.199. The fraction of sp³-hybridized carbons (Fsp3) is 0.533. The van der Waals surface area contributed by atoms with Gasteiger partial charge in [0.05, 0.1) is 0 Å². The highest BCUT2D eigenvalue weighted by Gasteiger charge is 2.06. The van der Waals surface area contributed by atoms with E-state index < -0.39 is 0 Å². The lowest BCUT2D eigenvalue weighted by molar-refractivity contribution is 0.476. The van der Waals surface area contributed by atoms with E-state index in [0.717, 1.165) is 44.0 Å². The average Bonchev–Trinajstić information content (AvgIpc) is 2.40. The molecule has 0 spiro atoms. The first-order chi connectivity index (χ1) is 9.17. The maximum atomic E-state index is 12.9. The molecule has 0 radical (unpaired) electrons. The number of aliphatic imine (C=N–C) groups is 1. The zero-order chi connectivity index (χ0) is 14.1. The normalized spacial score (nSPS) is 11.5. The fourth-order valence-corrected chi connectivity index (χ4v) is 1.75. The topological polar surface area (TPSA) is 27.6 Å². The van der Waals surface area contributed by atoms with Crippen LogP contribution in [0.2, 0.25) is 0 Å². The van der Waals surface area contributed by atoms with Gasteiger partial charge in [0.1, 0.15) is 5.82 Å². The Kier molecular flexibility index (Phi) is 6.93. The number of rotatable bonds is 6. The summed E-state index contributed by atoms with van der Waals surface area (Å²) in [6.07, 6.45) is 2.24. The lowest BCUT2D eigenvalue weighted by atomic mass is 10.2. The highest BCUT2D eigenvalue weighted by molar-refractivity contribution is 5.79. The molecule has 1 aromatic carbocycles. The molecule has 0 amide bonds. The molecule has 1 N–H and O–H groups in total. The third-order valence-corrected chi connectivity index (χ3v) is 2.80. The minimum absolute atomic E-state index is 0.199. The lowest BCUT2D eigenvalue weighted by Crippen LogP contribution is -2.38. The molecule has 0 bridgehead atoms. The summed E-state index contributed by atoms with van der Waals surface area (Å²) in [7, 11) is 2.00. The van der Waals surface area contributed by atoms with Crippen LogP contribution in [0.1, 0.15) is 32.3 Å². The molecular formula is C15H24FN3. The standard InChI is InChI=1S/C15H24FN3/c1-4-6-11-18-15(17-5-2)19(3)12-13-7-9-14(16)10-8-13/h7-10H,4-6,11-12H2,1-3H3,(H,17,18). The van der Waals surface area contributed by atoms with E-state index >= 15 is 0 Å². The molecule has 3 nitrogen and oxygen atoms in total. The zero-order valence-electron chi connectivity index (χ0n) is 12.1. The molecule has 0 saturated heterocycles. The molecule has 1 aromatic rings. The van der Waals surface area contributed by atoms with Crippen molar-refractivity contribution in [2.45, 2.75) is 33.2 Å². The number of halogens is 1. The van der Waals surface area contributed by atoms with Crippen molar-refractivity contribution in [1.29, 1.82) is 0 Å². The van der Waals surface area contributed by atoms with Crippen molar-refractivity contribution in [2.24, 2.45) is 4.99 Å². The quantitative estimate of drug-likeness (QED) is 0.486. The van der Waals surface area contributed by atoms with Crippen LogP contribution in [0.3, 0.4) is 0 Å². The summed E-state index contributed by atoms with van der Waals surface area (Å²) in [4.78, 5) is 6.64. The van der Waals surface area contributed by atoms with E-state index in [1.807, 2.05) is 7.05 Å². The minimum Gasteiger partial charge on any atom is -0.357 e. The molecule has 0 unspecified atom stereocenters. The summed E-state index contributed by atoms with van der Waals surface area (Å²) >= 11 is 0. The Morgan fingerprint density at radius 1 is 1.26 bits per heavy atom. The maximum Gasteiger partial charge on any atom is 0.193 e. The Balaban J connectivity index is 2.62. The van der Waals surface area contributed by atoms with Gasteiger partial charge in [-0.2, -0.15) is 0 Å².